The Hall–Kier alpha value is -0.280. The molecule has 12 heavy (non-hydrogen) atoms. The zero-order chi connectivity index (χ0) is 9.14. The van der Waals surface area contributed by atoms with Gasteiger partial charge >= 0.3 is 0 Å². The molecule has 0 spiro atoms. The van der Waals surface area contributed by atoms with Gasteiger partial charge in [0.05, 0.1) is 16.2 Å². The lowest BCUT2D eigenvalue weighted by atomic mass is 10.2. The monoisotopic (exact) mass is 204 g/mol. The molecule has 1 unspecified atom stereocenters. The molecule has 1 atom stereocenters. The summed E-state index contributed by atoms with van der Waals surface area (Å²) >= 11 is 11.5. The summed E-state index contributed by atoms with van der Waals surface area (Å²) in [7, 11) is 1.78. The average Bonchev–Trinajstić information content (AvgIpc) is 2.08. The van der Waals surface area contributed by atoms with E-state index in [1.807, 2.05) is 6.07 Å². The second-order valence-electron chi connectivity index (χ2n) is 2.44. The Bertz CT molecular complexity index is 276. The molecule has 1 aromatic carbocycles. The fourth-order valence-corrected chi connectivity index (χ4v) is 1.18. The predicted molar refractivity (Wildman–Crippen MR) is 52.5 cm³/mol. The van der Waals surface area contributed by atoms with Crippen LogP contribution in [0.25, 0.3) is 0 Å². The summed E-state index contributed by atoms with van der Waals surface area (Å²) in [6.45, 7) is 0. The highest BCUT2D eigenvalue weighted by Crippen LogP contribution is 2.23. The van der Waals surface area contributed by atoms with E-state index in [9.17, 15) is 0 Å². The van der Waals surface area contributed by atoms with Crippen LogP contribution in [-0.4, -0.2) is 7.05 Å². The molecule has 3 N–H and O–H groups in total. The van der Waals surface area contributed by atoms with E-state index in [1.165, 1.54) is 0 Å². The van der Waals surface area contributed by atoms with Crippen LogP contribution in [0, 0.1) is 0 Å². The Balaban J connectivity index is 2.96. The molecule has 0 aliphatic heterocycles. The van der Waals surface area contributed by atoms with E-state index < -0.39 is 0 Å². The molecule has 1 aromatic rings. The first-order valence-electron chi connectivity index (χ1n) is 3.53. The summed E-state index contributed by atoms with van der Waals surface area (Å²) in [5, 5.41) is 3.98. The molecule has 0 heterocycles. The summed E-state index contributed by atoms with van der Waals surface area (Å²) in [4.78, 5) is 0. The Morgan fingerprint density at radius 2 is 2.00 bits per heavy atom. The third-order valence-corrected chi connectivity index (χ3v) is 2.35. The van der Waals surface area contributed by atoms with Crippen molar-refractivity contribution < 1.29 is 0 Å². The molecule has 0 saturated heterocycles. The highest BCUT2D eigenvalue weighted by Gasteiger charge is 2.04. The topological polar surface area (TPSA) is 38.0 Å². The molecular weight excluding hydrogens is 195 g/mol. The minimum Gasteiger partial charge on any atom is -0.312 e. The molecule has 0 aliphatic rings. The van der Waals surface area contributed by atoms with E-state index >= 15 is 0 Å². The molecule has 4 heteroatoms. The van der Waals surface area contributed by atoms with Crippen LogP contribution in [0.3, 0.4) is 0 Å². The highest BCUT2D eigenvalue weighted by molar-refractivity contribution is 6.42. The third-order valence-electron chi connectivity index (χ3n) is 1.61. The van der Waals surface area contributed by atoms with E-state index in [1.54, 1.807) is 19.2 Å². The Morgan fingerprint density at radius 3 is 2.50 bits per heavy atom. The molecular formula is C8H10Cl2N2. The van der Waals surface area contributed by atoms with Gasteiger partial charge in [-0.3, -0.25) is 0 Å². The normalized spacial score (nSPS) is 13.0. The second-order valence-corrected chi connectivity index (χ2v) is 3.25. The van der Waals surface area contributed by atoms with Gasteiger partial charge < -0.3 is 11.1 Å². The number of benzene rings is 1. The quantitative estimate of drug-likeness (QED) is 0.726. The first-order chi connectivity index (χ1) is 5.65. The van der Waals surface area contributed by atoms with Crippen molar-refractivity contribution in [2.75, 3.05) is 7.05 Å². The summed E-state index contributed by atoms with van der Waals surface area (Å²) in [6.07, 6.45) is -0.195. The maximum absolute atomic E-state index is 5.80. The van der Waals surface area contributed by atoms with Crippen molar-refractivity contribution in [3.05, 3.63) is 33.8 Å². The Morgan fingerprint density at radius 1 is 1.33 bits per heavy atom. The minimum atomic E-state index is -0.195. The van der Waals surface area contributed by atoms with E-state index in [-0.39, 0.29) is 6.17 Å². The van der Waals surface area contributed by atoms with E-state index in [2.05, 4.69) is 5.32 Å². The summed E-state index contributed by atoms with van der Waals surface area (Å²) in [5.74, 6) is 0. The van der Waals surface area contributed by atoms with Crippen molar-refractivity contribution in [3.8, 4) is 0 Å². The van der Waals surface area contributed by atoms with Crippen molar-refractivity contribution in [1.82, 2.24) is 5.32 Å². The number of nitrogens with two attached hydrogens (primary N) is 1. The van der Waals surface area contributed by atoms with Gasteiger partial charge in [-0.2, -0.15) is 0 Å². The molecule has 0 radical (unpaired) electrons. The SMILES string of the molecule is CNC(N)c1ccc(Cl)c(Cl)c1. The molecule has 66 valence electrons. The van der Waals surface area contributed by atoms with Crippen molar-refractivity contribution in [3.63, 3.8) is 0 Å². The number of hydrogen-bond donors (Lipinski definition) is 2. The van der Waals surface area contributed by atoms with Gasteiger partial charge in [0.1, 0.15) is 0 Å². The van der Waals surface area contributed by atoms with Crippen LogP contribution < -0.4 is 11.1 Å². The van der Waals surface area contributed by atoms with Crippen LogP contribution in [0.2, 0.25) is 10.0 Å². The number of halogens is 2. The molecule has 0 saturated carbocycles. The van der Waals surface area contributed by atoms with Crippen molar-refractivity contribution in [1.29, 1.82) is 0 Å². The van der Waals surface area contributed by atoms with Crippen LogP contribution in [-0.2, 0) is 0 Å². The predicted octanol–water partition coefficient (Wildman–Crippen LogP) is 2.17. The number of hydrogen-bond acceptors (Lipinski definition) is 2. The van der Waals surface area contributed by atoms with Crippen molar-refractivity contribution >= 4 is 23.2 Å². The van der Waals surface area contributed by atoms with Gasteiger partial charge in [-0.25, -0.2) is 0 Å². The average molecular weight is 205 g/mol. The summed E-state index contributed by atoms with van der Waals surface area (Å²) in [5.41, 5.74) is 6.62. The minimum absolute atomic E-state index is 0.195. The van der Waals surface area contributed by atoms with Crippen LogP contribution in [0.5, 0.6) is 0 Å². The Labute approximate surface area is 81.7 Å². The van der Waals surface area contributed by atoms with Gasteiger partial charge in [-0.05, 0) is 24.7 Å². The van der Waals surface area contributed by atoms with Gasteiger partial charge in [-0.15, -0.1) is 0 Å². The van der Waals surface area contributed by atoms with Crippen molar-refractivity contribution in [2.24, 2.45) is 5.73 Å². The molecule has 0 amide bonds. The van der Waals surface area contributed by atoms with Gasteiger partial charge in [0, 0.05) is 0 Å². The van der Waals surface area contributed by atoms with Gasteiger partial charge in [0.15, 0.2) is 0 Å². The maximum Gasteiger partial charge on any atom is 0.0808 e. The second kappa shape index (κ2) is 4.10. The van der Waals surface area contributed by atoms with E-state index in [0.29, 0.717) is 10.0 Å². The zero-order valence-corrected chi connectivity index (χ0v) is 8.15. The first-order valence-corrected chi connectivity index (χ1v) is 4.28. The van der Waals surface area contributed by atoms with Crippen LogP contribution in [0.15, 0.2) is 18.2 Å². The lowest BCUT2D eigenvalue weighted by Crippen LogP contribution is -2.24. The maximum atomic E-state index is 5.80. The third kappa shape index (κ3) is 2.11. The van der Waals surface area contributed by atoms with E-state index in [4.69, 9.17) is 28.9 Å². The van der Waals surface area contributed by atoms with Crippen LogP contribution in [0.1, 0.15) is 11.7 Å². The lowest BCUT2D eigenvalue weighted by Gasteiger charge is -2.10. The first kappa shape index (κ1) is 9.81. The summed E-state index contributed by atoms with van der Waals surface area (Å²) in [6, 6.07) is 5.33. The fourth-order valence-electron chi connectivity index (χ4n) is 0.872. The molecule has 2 nitrogen and oxygen atoms in total. The number of rotatable bonds is 2. The molecule has 0 aliphatic carbocycles. The number of nitrogens with one attached hydrogen (secondary N) is 1. The van der Waals surface area contributed by atoms with Gasteiger partial charge in [-0.1, -0.05) is 29.3 Å². The Kier molecular flexibility index (Phi) is 3.35. The largest absolute Gasteiger partial charge is 0.312 e. The standard InChI is InChI=1S/C8H10Cl2N2/c1-12-8(11)5-2-3-6(9)7(10)4-5/h2-4,8,12H,11H2,1H3. The molecule has 0 aromatic heterocycles. The molecule has 0 fully saturated rings. The van der Waals surface area contributed by atoms with Crippen LogP contribution in [0.4, 0.5) is 0 Å². The smallest absolute Gasteiger partial charge is 0.0808 e. The summed E-state index contributed by atoms with van der Waals surface area (Å²) < 4.78 is 0. The van der Waals surface area contributed by atoms with Gasteiger partial charge in [0.25, 0.3) is 0 Å². The molecule has 0 bridgehead atoms. The van der Waals surface area contributed by atoms with Gasteiger partial charge in [0.2, 0.25) is 0 Å². The van der Waals surface area contributed by atoms with Crippen molar-refractivity contribution in [2.45, 2.75) is 6.17 Å². The highest BCUT2D eigenvalue weighted by atomic mass is 35.5. The fraction of sp³-hybridized carbons (Fsp3) is 0.250. The zero-order valence-electron chi connectivity index (χ0n) is 6.64. The van der Waals surface area contributed by atoms with Crippen LogP contribution >= 0.6 is 23.2 Å². The van der Waals surface area contributed by atoms with E-state index in [0.717, 1.165) is 5.56 Å². The lowest BCUT2D eigenvalue weighted by molar-refractivity contribution is 0.622. The molecule has 1 rings (SSSR count).